The maximum Gasteiger partial charge on any atom is 0.0809 e. The van der Waals surface area contributed by atoms with Crippen molar-refractivity contribution in [1.29, 1.82) is 0 Å². The molecule has 0 amide bonds. The second kappa shape index (κ2) is 8.97. The van der Waals surface area contributed by atoms with E-state index in [-0.39, 0.29) is 0 Å². The summed E-state index contributed by atoms with van der Waals surface area (Å²) in [5.74, 6) is 0. The molecular formula is C21H27NO2. The van der Waals surface area contributed by atoms with Gasteiger partial charge >= 0.3 is 0 Å². The number of likely N-dealkylation sites (N-methyl/N-ethyl adjacent to an activating group) is 1. The molecule has 3 heteroatoms. The molecule has 0 bridgehead atoms. The monoisotopic (exact) mass is 325 g/mol. The zero-order chi connectivity index (χ0) is 16.6. The first-order valence-electron chi connectivity index (χ1n) is 8.84. The molecule has 0 saturated carbocycles. The zero-order valence-corrected chi connectivity index (χ0v) is 14.5. The molecule has 0 aliphatic carbocycles. The van der Waals surface area contributed by atoms with Gasteiger partial charge in [0.1, 0.15) is 0 Å². The predicted octanol–water partition coefficient (Wildman–Crippen LogP) is 3.98. The Labute approximate surface area is 145 Å². The summed E-state index contributed by atoms with van der Waals surface area (Å²) in [4.78, 5) is 2.32. The molecule has 0 radical (unpaired) electrons. The van der Waals surface area contributed by atoms with Crippen LogP contribution < -0.4 is 0 Å². The maximum atomic E-state index is 5.77. The summed E-state index contributed by atoms with van der Waals surface area (Å²) in [6.45, 7) is 4.23. The van der Waals surface area contributed by atoms with Gasteiger partial charge in [0.15, 0.2) is 0 Å². The van der Waals surface area contributed by atoms with Gasteiger partial charge in [-0.2, -0.15) is 0 Å². The predicted molar refractivity (Wildman–Crippen MR) is 98.0 cm³/mol. The first-order valence-corrected chi connectivity index (χ1v) is 8.84. The number of hydrogen-bond acceptors (Lipinski definition) is 3. The van der Waals surface area contributed by atoms with E-state index < -0.39 is 0 Å². The lowest BCUT2D eigenvalue weighted by molar-refractivity contribution is 0.0117. The number of hydrogen-bond donors (Lipinski definition) is 0. The summed E-state index contributed by atoms with van der Waals surface area (Å²) in [5.41, 5.74) is 3.94. The van der Waals surface area contributed by atoms with Crippen LogP contribution in [0.4, 0.5) is 0 Å². The molecule has 24 heavy (non-hydrogen) atoms. The van der Waals surface area contributed by atoms with E-state index in [0.29, 0.717) is 6.10 Å². The van der Waals surface area contributed by atoms with E-state index in [1.54, 1.807) is 0 Å². The fourth-order valence-electron chi connectivity index (χ4n) is 3.14. The van der Waals surface area contributed by atoms with Crippen LogP contribution in [0.2, 0.25) is 0 Å². The van der Waals surface area contributed by atoms with E-state index >= 15 is 0 Å². The van der Waals surface area contributed by atoms with Crippen molar-refractivity contribution < 1.29 is 9.47 Å². The minimum Gasteiger partial charge on any atom is -0.377 e. The molecule has 1 saturated heterocycles. The van der Waals surface area contributed by atoms with Crippen LogP contribution in [-0.2, 0) is 16.0 Å². The molecule has 1 aliphatic heterocycles. The van der Waals surface area contributed by atoms with Gasteiger partial charge in [-0.3, -0.25) is 4.90 Å². The minimum atomic E-state index is 0.314. The van der Waals surface area contributed by atoms with Gasteiger partial charge in [0, 0.05) is 19.7 Å². The van der Waals surface area contributed by atoms with E-state index in [1.165, 1.54) is 23.1 Å². The number of ether oxygens (including phenoxy) is 2. The highest BCUT2D eigenvalue weighted by atomic mass is 16.5. The van der Waals surface area contributed by atoms with E-state index in [1.807, 2.05) is 0 Å². The fraction of sp³-hybridized carbons (Fsp3) is 0.429. The Morgan fingerprint density at radius 1 is 1.08 bits per heavy atom. The molecule has 1 aliphatic rings. The highest BCUT2D eigenvalue weighted by Crippen LogP contribution is 2.24. The van der Waals surface area contributed by atoms with Crippen LogP contribution in [0, 0.1) is 0 Å². The van der Waals surface area contributed by atoms with Crippen LogP contribution in [0.15, 0.2) is 54.6 Å². The van der Waals surface area contributed by atoms with Gasteiger partial charge in [0.05, 0.1) is 19.3 Å². The minimum absolute atomic E-state index is 0.314. The third-order valence-electron chi connectivity index (χ3n) is 4.49. The molecule has 0 N–H and O–H groups in total. The molecule has 3 nitrogen and oxygen atoms in total. The Bertz CT molecular complexity index is 608. The summed E-state index contributed by atoms with van der Waals surface area (Å²) in [5, 5.41) is 0. The van der Waals surface area contributed by atoms with E-state index in [0.717, 1.165) is 39.3 Å². The fourth-order valence-corrected chi connectivity index (χ4v) is 3.14. The molecule has 0 aromatic heterocycles. The summed E-state index contributed by atoms with van der Waals surface area (Å²) in [6.07, 6.45) is 2.62. The van der Waals surface area contributed by atoms with Crippen molar-refractivity contribution in [1.82, 2.24) is 4.90 Å². The lowest BCUT2D eigenvalue weighted by Gasteiger charge is -2.19. The summed E-state index contributed by atoms with van der Waals surface area (Å²) >= 11 is 0. The van der Waals surface area contributed by atoms with Gasteiger partial charge in [-0.25, -0.2) is 0 Å². The molecule has 1 heterocycles. The smallest absolute Gasteiger partial charge is 0.0809 e. The number of nitrogens with zero attached hydrogens (tertiary/aromatic N) is 1. The van der Waals surface area contributed by atoms with Crippen LogP contribution in [0.25, 0.3) is 11.1 Å². The summed E-state index contributed by atoms with van der Waals surface area (Å²) in [6, 6.07) is 19.2. The number of rotatable bonds is 8. The molecular weight excluding hydrogens is 298 g/mol. The average molecular weight is 325 g/mol. The van der Waals surface area contributed by atoms with Gasteiger partial charge in [-0.05, 0) is 36.6 Å². The van der Waals surface area contributed by atoms with Crippen molar-refractivity contribution >= 4 is 0 Å². The first-order chi connectivity index (χ1) is 11.8. The van der Waals surface area contributed by atoms with Crippen molar-refractivity contribution in [3.63, 3.8) is 0 Å². The van der Waals surface area contributed by atoms with Crippen LogP contribution in [0.1, 0.15) is 18.4 Å². The molecule has 2 aromatic rings. The standard InChI is InChI=1S/C21H27NO2/c1-22(13-15-23-17-20-11-7-14-24-20)16-19-10-5-6-12-21(19)18-8-3-2-4-9-18/h2-6,8-10,12,20H,7,11,13-17H2,1H3. The Balaban J connectivity index is 1.50. The van der Waals surface area contributed by atoms with E-state index in [2.05, 4.69) is 66.5 Å². The van der Waals surface area contributed by atoms with Crippen LogP contribution in [0.5, 0.6) is 0 Å². The Morgan fingerprint density at radius 2 is 1.88 bits per heavy atom. The molecule has 1 fully saturated rings. The Morgan fingerprint density at radius 3 is 2.67 bits per heavy atom. The van der Waals surface area contributed by atoms with Gasteiger partial charge in [-0.1, -0.05) is 54.6 Å². The molecule has 3 rings (SSSR count). The highest BCUT2D eigenvalue weighted by Gasteiger charge is 2.15. The largest absolute Gasteiger partial charge is 0.377 e. The van der Waals surface area contributed by atoms with Crippen LogP contribution in [0.3, 0.4) is 0 Å². The lowest BCUT2D eigenvalue weighted by Crippen LogP contribution is -2.25. The molecule has 2 aromatic carbocycles. The van der Waals surface area contributed by atoms with Gasteiger partial charge < -0.3 is 9.47 Å². The Kier molecular flexibility index (Phi) is 6.41. The van der Waals surface area contributed by atoms with Crippen molar-refractivity contribution in [2.75, 3.05) is 33.4 Å². The zero-order valence-electron chi connectivity index (χ0n) is 14.5. The first kappa shape index (κ1) is 17.2. The second-order valence-electron chi connectivity index (χ2n) is 6.47. The third-order valence-corrected chi connectivity index (χ3v) is 4.49. The van der Waals surface area contributed by atoms with E-state index in [9.17, 15) is 0 Å². The van der Waals surface area contributed by atoms with Crippen molar-refractivity contribution in [2.24, 2.45) is 0 Å². The van der Waals surface area contributed by atoms with Gasteiger partial charge in [-0.15, -0.1) is 0 Å². The van der Waals surface area contributed by atoms with Crippen molar-refractivity contribution in [3.8, 4) is 11.1 Å². The maximum absolute atomic E-state index is 5.77. The van der Waals surface area contributed by atoms with Crippen molar-refractivity contribution in [3.05, 3.63) is 60.2 Å². The third kappa shape index (κ3) is 4.91. The lowest BCUT2D eigenvalue weighted by atomic mass is 9.99. The molecule has 1 unspecified atom stereocenters. The quantitative estimate of drug-likeness (QED) is 0.685. The molecule has 1 atom stereocenters. The SMILES string of the molecule is CN(CCOCC1CCCO1)Cc1ccccc1-c1ccccc1. The van der Waals surface area contributed by atoms with Crippen molar-refractivity contribution in [2.45, 2.75) is 25.5 Å². The normalized spacial score (nSPS) is 17.5. The second-order valence-corrected chi connectivity index (χ2v) is 6.47. The van der Waals surface area contributed by atoms with Crippen LogP contribution in [-0.4, -0.2) is 44.4 Å². The van der Waals surface area contributed by atoms with E-state index in [4.69, 9.17) is 9.47 Å². The average Bonchev–Trinajstić information content (AvgIpc) is 3.13. The van der Waals surface area contributed by atoms with Gasteiger partial charge in [0.2, 0.25) is 0 Å². The molecule has 0 spiro atoms. The summed E-state index contributed by atoms with van der Waals surface area (Å²) in [7, 11) is 2.15. The highest BCUT2D eigenvalue weighted by molar-refractivity contribution is 5.67. The van der Waals surface area contributed by atoms with Gasteiger partial charge in [0.25, 0.3) is 0 Å². The topological polar surface area (TPSA) is 21.7 Å². The van der Waals surface area contributed by atoms with Crippen LogP contribution >= 0.6 is 0 Å². The number of benzene rings is 2. The Hall–Kier alpha value is -1.68. The summed E-state index contributed by atoms with van der Waals surface area (Å²) < 4.78 is 11.4. The molecule has 128 valence electrons.